The zero-order valence-electron chi connectivity index (χ0n) is 15.3. The van der Waals surface area contributed by atoms with Gasteiger partial charge in [0.2, 0.25) is 5.91 Å². The highest BCUT2D eigenvalue weighted by Crippen LogP contribution is 2.29. The first kappa shape index (κ1) is 19.1. The lowest BCUT2D eigenvalue weighted by molar-refractivity contribution is -0.140. The van der Waals surface area contributed by atoms with Crippen molar-refractivity contribution in [3.63, 3.8) is 0 Å². The maximum Gasteiger partial charge on any atom is 0.325 e. The summed E-state index contributed by atoms with van der Waals surface area (Å²) < 4.78 is 23.8. The van der Waals surface area contributed by atoms with E-state index >= 15 is 0 Å². The largest absolute Gasteiger partial charge is 0.334 e. The number of carbonyl (C=O) groups is 3. The van der Waals surface area contributed by atoms with Crippen molar-refractivity contribution in [1.82, 2.24) is 15.1 Å². The molecule has 9 heteroatoms. The van der Waals surface area contributed by atoms with Crippen molar-refractivity contribution in [2.24, 2.45) is 5.92 Å². The summed E-state index contributed by atoms with van der Waals surface area (Å²) in [5.74, 6) is -0.704. The molecule has 146 valence electrons. The lowest BCUT2D eigenvalue weighted by Crippen LogP contribution is -2.51. The Labute approximate surface area is 154 Å². The molecule has 0 bridgehead atoms. The molecule has 2 atom stereocenters. The second-order valence-electron chi connectivity index (χ2n) is 7.89. The van der Waals surface area contributed by atoms with E-state index in [0.29, 0.717) is 6.42 Å². The minimum absolute atomic E-state index is 0.00228. The second-order valence-corrected chi connectivity index (χ2v) is 10.1. The van der Waals surface area contributed by atoms with Crippen LogP contribution in [0.15, 0.2) is 0 Å². The number of rotatable bonds is 5. The summed E-state index contributed by atoms with van der Waals surface area (Å²) in [5.41, 5.74) is 0. The van der Waals surface area contributed by atoms with Gasteiger partial charge in [0.1, 0.15) is 12.6 Å². The number of hydrogen-bond donors (Lipinski definition) is 1. The quantitative estimate of drug-likeness (QED) is 0.695. The molecule has 1 N–H and O–H groups in total. The maximum absolute atomic E-state index is 13.0. The smallest absolute Gasteiger partial charge is 0.325 e. The molecule has 0 aromatic carbocycles. The molecule has 0 radical (unpaired) electrons. The number of urea groups is 1. The third-order valence-corrected chi connectivity index (χ3v) is 7.37. The first-order valence-corrected chi connectivity index (χ1v) is 11.1. The summed E-state index contributed by atoms with van der Waals surface area (Å²) in [4.78, 5) is 40.2. The van der Waals surface area contributed by atoms with Crippen LogP contribution in [0.3, 0.4) is 0 Å². The molecule has 0 spiro atoms. The van der Waals surface area contributed by atoms with Crippen molar-refractivity contribution in [3.8, 4) is 0 Å². The van der Waals surface area contributed by atoms with Crippen LogP contribution in [0, 0.1) is 5.92 Å². The summed E-state index contributed by atoms with van der Waals surface area (Å²) in [6, 6.07) is -1.51. The van der Waals surface area contributed by atoms with Gasteiger partial charge in [-0.05, 0) is 25.2 Å². The molecule has 0 aromatic rings. The van der Waals surface area contributed by atoms with Gasteiger partial charge in [-0.2, -0.15) is 0 Å². The molecule has 1 saturated carbocycles. The standard InChI is InChI=1S/C17H27N3O5S/c1-11(2)15-16(22)19(17(23)18-15)9-14(21)20(12-5-3-4-6-12)13-7-8-26(24,25)10-13/h11-13,15H,3-10H2,1-2H3,(H,18,23). The van der Waals surface area contributed by atoms with Crippen LogP contribution in [0.1, 0.15) is 46.0 Å². The van der Waals surface area contributed by atoms with E-state index in [1.54, 1.807) is 4.90 Å². The van der Waals surface area contributed by atoms with Gasteiger partial charge in [0.05, 0.1) is 11.5 Å². The van der Waals surface area contributed by atoms with Crippen LogP contribution >= 0.6 is 0 Å². The summed E-state index contributed by atoms with van der Waals surface area (Å²) in [6.45, 7) is 3.35. The predicted molar refractivity (Wildman–Crippen MR) is 95.0 cm³/mol. The highest BCUT2D eigenvalue weighted by molar-refractivity contribution is 7.91. The van der Waals surface area contributed by atoms with Crippen LogP contribution in [-0.2, 0) is 19.4 Å². The molecule has 8 nitrogen and oxygen atoms in total. The molecular formula is C17H27N3O5S. The fourth-order valence-electron chi connectivity index (χ4n) is 4.24. The van der Waals surface area contributed by atoms with Gasteiger partial charge in [-0.3, -0.25) is 14.5 Å². The lowest BCUT2D eigenvalue weighted by Gasteiger charge is -2.34. The molecule has 3 rings (SSSR count). The molecular weight excluding hydrogens is 358 g/mol. The third-order valence-electron chi connectivity index (χ3n) is 5.62. The lowest BCUT2D eigenvalue weighted by atomic mass is 10.1. The van der Waals surface area contributed by atoms with Crippen LogP contribution in [0.4, 0.5) is 4.79 Å². The van der Waals surface area contributed by atoms with Gasteiger partial charge in [0.25, 0.3) is 5.91 Å². The monoisotopic (exact) mass is 385 g/mol. The highest BCUT2D eigenvalue weighted by Gasteiger charge is 2.44. The number of imide groups is 1. The number of hydrogen-bond acceptors (Lipinski definition) is 5. The Hall–Kier alpha value is -1.64. The summed E-state index contributed by atoms with van der Waals surface area (Å²) in [6.07, 6.45) is 4.13. The Morgan fingerprint density at radius 3 is 2.35 bits per heavy atom. The number of nitrogens with zero attached hydrogens (tertiary/aromatic N) is 2. The van der Waals surface area contributed by atoms with E-state index in [4.69, 9.17) is 0 Å². The molecule has 2 heterocycles. The Kier molecular flexibility index (Phi) is 5.28. The van der Waals surface area contributed by atoms with E-state index in [1.807, 2.05) is 13.8 Å². The minimum atomic E-state index is -3.13. The molecule has 2 unspecified atom stereocenters. The zero-order chi connectivity index (χ0) is 19.1. The van der Waals surface area contributed by atoms with Crippen LogP contribution in [0.2, 0.25) is 0 Å². The average molecular weight is 385 g/mol. The van der Waals surface area contributed by atoms with Gasteiger partial charge >= 0.3 is 6.03 Å². The van der Waals surface area contributed by atoms with Crippen molar-refractivity contribution >= 4 is 27.7 Å². The molecule has 3 aliphatic rings. The van der Waals surface area contributed by atoms with E-state index in [0.717, 1.165) is 30.6 Å². The van der Waals surface area contributed by atoms with Gasteiger partial charge in [-0.1, -0.05) is 26.7 Å². The summed E-state index contributed by atoms with van der Waals surface area (Å²) in [5, 5.41) is 2.62. The summed E-state index contributed by atoms with van der Waals surface area (Å²) >= 11 is 0. The summed E-state index contributed by atoms with van der Waals surface area (Å²) in [7, 11) is -3.13. The van der Waals surface area contributed by atoms with Crippen molar-refractivity contribution < 1.29 is 22.8 Å². The molecule has 3 fully saturated rings. The molecule has 2 saturated heterocycles. The molecule has 1 aliphatic carbocycles. The predicted octanol–water partition coefficient (Wildman–Crippen LogP) is 0.521. The maximum atomic E-state index is 13.0. The second kappa shape index (κ2) is 7.17. The van der Waals surface area contributed by atoms with Crippen LogP contribution < -0.4 is 5.32 Å². The van der Waals surface area contributed by atoms with Crippen LogP contribution in [0.25, 0.3) is 0 Å². The Balaban J connectivity index is 1.76. The van der Waals surface area contributed by atoms with E-state index in [2.05, 4.69) is 5.32 Å². The molecule has 26 heavy (non-hydrogen) atoms. The van der Waals surface area contributed by atoms with Gasteiger partial charge in [-0.25, -0.2) is 13.2 Å². The number of nitrogens with one attached hydrogen (secondary N) is 1. The number of sulfone groups is 1. The zero-order valence-corrected chi connectivity index (χ0v) is 16.1. The molecule has 2 aliphatic heterocycles. The van der Waals surface area contributed by atoms with E-state index in [-0.39, 0.29) is 47.9 Å². The number of amides is 4. The van der Waals surface area contributed by atoms with Crippen LogP contribution in [-0.4, -0.2) is 72.2 Å². The highest BCUT2D eigenvalue weighted by atomic mass is 32.2. The van der Waals surface area contributed by atoms with Gasteiger partial charge in [0.15, 0.2) is 9.84 Å². The van der Waals surface area contributed by atoms with Gasteiger partial charge in [0, 0.05) is 12.1 Å². The van der Waals surface area contributed by atoms with Gasteiger partial charge in [-0.15, -0.1) is 0 Å². The van der Waals surface area contributed by atoms with Gasteiger partial charge < -0.3 is 10.2 Å². The van der Waals surface area contributed by atoms with Crippen molar-refractivity contribution in [3.05, 3.63) is 0 Å². The Morgan fingerprint density at radius 2 is 1.85 bits per heavy atom. The average Bonchev–Trinajstić information content (AvgIpc) is 3.24. The third kappa shape index (κ3) is 3.72. The number of carbonyl (C=O) groups excluding carboxylic acids is 3. The van der Waals surface area contributed by atoms with Crippen molar-refractivity contribution in [2.45, 2.75) is 64.1 Å². The molecule has 4 amide bonds. The first-order chi connectivity index (χ1) is 12.2. The minimum Gasteiger partial charge on any atom is -0.334 e. The Bertz CT molecular complexity index is 699. The van der Waals surface area contributed by atoms with Crippen molar-refractivity contribution in [2.75, 3.05) is 18.1 Å². The molecule has 0 aromatic heterocycles. The van der Waals surface area contributed by atoms with E-state index in [9.17, 15) is 22.8 Å². The van der Waals surface area contributed by atoms with E-state index < -0.39 is 21.9 Å². The van der Waals surface area contributed by atoms with E-state index in [1.165, 1.54) is 0 Å². The fourth-order valence-corrected chi connectivity index (χ4v) is 5.95. The van der Waals surface area contributed by atoms with Crippen molar-refractivity contribution in [1.29, 1.82) is 0 Å². The topological polar surface area (TPSA) is 104 Å². The Morgan fingerprint density at radius 1 is 1.19 bits per heavy atom. The fraction of sp³-hybridized carbons (Fsp3) is 0.824. The van der Waals surface area contributed by atoms with Crippen LogP contribution in [0.5, 0.6) is 0 Å². The normalized spacial score (nSPS) is 28.8. The first-order valence-electron chi connectivity index (χ1n) is 9.33. The SMILES string of the molecule is CC(C)C1NC(=O)N(CC(=O)N(C2CCCC2)C2CCS(=O)(=O)C2)C1=O.